The largest absolute Gasteiger partial charge is 2.00 e. The molecule has 1 saturated carbocycles. The summed E-state index contributed by atoms with van der Waals surface area (Å²) in [5.74, 6) is -2.43. The van der Waals surface area contributed by atoms with E-state index in [1.165, 1.54) is 0 Å². The first-order valence-corrected chi connectivity index (χ1v) is 6.01. The summed E-state index contributed by atoms with van der Waals surface area (Å²) >= 11 is 0. The molecule has 1 rings (SSSR count). The number of aliphatic carboxylic acids is 2. The van der Waals surface area contributed by atoms with Crippen LogP contribution in [0.25, 0.3) is 0 Å². The first kappa shape index (κ1) is 24.5. The number of aliphatic hydroxyl groups excluding tert-OH is 2. The molecule has 9 heteroatoms. The van der Waals surface area contributed by atoms with Gasteiger partial charge in [0.15, 0.2) is 5.41 Å². The fraction of sp³-hybridized carbons (Fsp3) is 0.818. The third kappa shape index (κ3) is 11.3. The number of nitrogens with two attached hydrogens (primary N) is 2. The fourth-order valence-corrected chi connectivity index (χ4v) is 0.827. The van der Waals surface area contributed by atoms with Crippen LogP contribution in [0.2, 0.25) is 0 Å². The summed E-state index contributed by atoms with van der Waals surface area (Å²) < 4.78 is 0. The van der Waals surface area contributed by atoms with Gasteiger partial charge in [0.2, 0.25) is 0 Å². The zero-order chi connectivity index (χ0) is 15.3. The van der Waals surface area contributed by atoms with Gasteiger partial charge in [0.1, 0.15) is 0 Å². The van der Waals surface area contributed by atoms with E-state index in [1.807, 2.05) is 0 Å². The Morgan fingerprint density at radius 2 is 1.20 bits per heavy atom. The zero-order valence-corrected chi connectivity index (χ0v) is 13.5. The molecule has 8 nitrogen and oxygen atoms in total. The van der Waals surface area contributed by atoms with Crippen LogP contribution in [0.15, 0.2) is 0 Å². The first-order chi connectivity index (χ1) is 8.92. The van der Waals surface area contributed by atoms with E-state index in [2.05, 4.69) is 0 Å². The number of aliphatic hydroxyl groups is 2. The minimum Gasteiger partial charge on any atom is -0.480 e. The van der Waals surface area contributed by atoms with Gasteiger partial charge in [-0.2, -0.15) is 0 Å². The summed E-state index contributed by atoms with van der Waals surface area (Å²) in [6, 6.07) is 0. The van der Waals surface area contributed by atoms with E-state index in [-0.39, 0.29) is 47.1 Å². The first-order valence-electron chi connectivity index (χ1n) is 6.01. The SMILES string of the molecule is NCCCO.NCCCO.O=C(O)C1(C(=O)O)CC1.[Pt+2]. The molecular formula is C11H24N2O6Pt+2. The Bertz CT molecular complexity index is 235. The van der Waals surface area contributed by atoms with E-state index in [0.717, 1.165) is 12.8 Å². The molecule has 0 aromatic carbocycles. The second-order valence-electron chi connectivity index (χ2n) is 3.92. The van der Waals surface area contributed by atoms with Crippen molar-refractivity contribution in [1.82, 2.24) is 0 Å². The van der Waals surface area contributed by atoms with Gasteiger partial charge in [0.25, 0.3) is 0 Å². The van der Waals surface area contributed by atoms with Crippen LogP contribution < -0.4 is 11.5 Å². The van der Waals surface area contributed by atoms with Crippen molar-refractivity contribution in [3.63, 3.8) is 0 Å². The van der Waals surface area contributed by atoms with Crippen LogP contribution in [-0.4, -0.2) is 58.7 Å². The Hall–Kier alpha value is -0.532. The van der Waals surface area contributed by atoms with Crippen LogP contribution in [0, 0.1) is 5.41 Å². The average molecular weight is 475 g/mol. The van der Waals surface area contributed by atoms with E-state index in [0.29, 0.717) is 13.1 Å². The molecule has 1 aliphatic rings. The second-order valence-corrected chi connectivity index (χ2v) is 3.92. The molecule has 0 aromatic rings. The van der Waals surface area contributed by atoms with Crippen LogP contribution in [0.4, 0.5) is 0 Å². The summed E-state index contributed by atoms with van der Waals surface area (Å²) in [6.07, 6.45) is 2.00. The van der Waals surface area contributed by atoms with Gasteiger partial charge in [0, 0.05) is 13.2 Å². The van der Waals surface area contributed by atoms with Gasteiger partial charge in [-0.1, -0.05) is 0 Å². The second kappa shape index (κ2) is 14.9. The topological polar surface area (TPSA) is 167 Å². The minimum absolute atomic E-state index is 0. The smallest absolute Gasteiger partial charge is 0.480 e. The third-order valence-electron chi connectivity index (χ3n) is 2.29. The molecule has 20 heavy (non-hydrogen) atoms. The quantitative estimate of drug-likeness (QED) is 0.255. The predicted molar refractivity (Wildman–Crippen MR) is 68.5 cm³/mol. The van der Waals surface area contributed by atoms with Gasteiger partial charge in [-0.05, 0) is 38.8 Å². The molecule has 0 bridgehead atoms. The molecule has 0 saturated heterocycles. The van der Waals surface area contributed by atoms with Crippen molar-refractivity contribution in [2.75, 3.05) is 26.3 Å². The molecule has 0 unspecified atom stereocenters. The molecule has 0 aliphatic heterocycles. The number of carboxylic acid groups (broad SMARTS) is 2. The fourth-order valence-electron chi connectivity index (χ4n) is 0.827. The number of carboxylic acids is 2. The third-order valence-corrected chi connectivity index (χ3v) is 2.29. The normalized spacial score (nSPS) is 13.6. The van der Waals surface area contributed by atoms with Crippen LogP contribution >= 0.6 is 0 Å². The number of rotatable bonds is 6. The monoisotopic (exact) mass is 475 g/mol. The molecule has 122 valence electrons. The van der Waals surface area contributed by atoms with Gasteiger partial charge in [-0.3, -0.25) is 9.59 Å². The van der Waals surface area contributed by atoms with Crippen molar-refractivity contribution in [3.8, 4) is 0 Å². The Labute approximate surface area is 132 Å². The van der Waals surface area contributed by atoms with E-state index in [1.54, 1.807) is 0 Å². The zero-order valence-electron chi connectivity index (χ0n) is 11.2. The van der Waals surface area contributed by atoms with Crippen molar-refractivity contribution >= 4 is 11.9 Å². The Morgan fingerprint density at radius 3 is 1.20 bits per heavy atom. The molecule has 0 spiro atoms. The van der Waals surface area contributed by atoms with Crippen molar-refractivity contribution < 1.29 is 51.1 Å². The summed E-state index contributed by atoms with van der Waals surface area (Å²) in [4.78, 5) is 20.3. The van der Waals surface area contributed by atoms with Crippen molar-refractivity contribution in [3.05, 3.63) is 0 Å². The maximum atomic E-state index is 10.1. The Morgan fingerprint density at radius 1 is 0.900 bits per heavy atom. The van der Waals surface area contributed by atoms with Crippen molar-refractivity contribution in [2.24, 2.45) is 16.9 Å². The van der Waals surface area contributed by atoms with Gasteiger partial charge < -0.3 is 31.9 Å². The Balaban J connectivity index is -0.000000230. The average Bonchev–Trinajstić information content (AvgIpc) is 3.13. The molecule has 0 atom stereocenters. The molecule has 0 radical (unpaired) electrons. The van der Waals surface area contributed by atoms with Gasteiger partial charge in [0.05, 0.1) is 0 Å². The van der Waals surface area contributed by atoms with Crippen molar-refractivity contribution in [2.45, 2.75) is 25.7 Å². The molecular weight excluding hydrogens is 451 g/mol. The van der Waals surface area contributed by atoms with Gasteiger partial charge in [-0.15, -0.1) is 0 Å². The molecule has 1 fully saturated rings. The van der Waals surface area contributed by atoms with E-state index < -0.39 is 17.4 Å². The van der Waals surface area contributed by atoms with Crippen LogP contribution in [-0.2, 0) is 30.7 Å². The van der Waals surface area contributed by atoms with Gasteiger partial charge >= 0.3 is 33.0 Å². The Kier molecular flexibility index (Phi) is 18.2. The minimum atomic E-state index is -1.42. The molecule has 0 amide bonds. The maximum Gasteiger partial charge on any atom is 2.00 e. The summed E-state index contributed by atoms with van der Waals surface area (Å²) in [7, 11) is 0. The molecule has 1 aliphatic carbocycles. The number of carbonyl (C=O) groups is 2. The predicted octanol–water partition coefficient (Wildman–Crippen LogP) is -1.41. The molecule has 0 aromatic heterocycles. The van der Waals surface area contributed by atoms with E-state index in [9.17, 15) is 9.59 Å². The van der Waals surface area contributed by atoms with Gasteiger partial charge in [-0.25, -0.2) is 0 Å². The summed E-state index contributed by atoms with van der Waals surface area (Å²) in [5.41, 5.74) is 8.54. The maximum absolute atomic E-state index is 10.1. The van der Waals surface area contributed by atoms with Crippen LogP contribution in [0.3, 0.4) is 0 Å². The van der Waals surface area contributed by atoms with Crippen molar-refractivity contribution in [1.29, 1.82) is 0 Å². The van der Waals surface area contributed by atoms with Crippen LogP contribution in [0.5, 0.6) is 0 Å². The van der Waals surface area contributed by atoms with Crippen LogP contribution in [0.1, 0.15) is 25.7 Å². The van der Waals surface area contributed by atoms with E-state index in [4.69, 9.17) is 31.9 Å². The summed E-state index contributed by atoms with van der Waals surface area (Å²) in [6.45, 7) is 1.62. The number of hydrogen-bond acceptors (Lipinski definition) is 6. The number of hydrogen-bond donors (Lipinski definition) is 6. The summed E-state index contributed by atoms with van der Waals surface area (Å²) in [5, 5.41) is 32.6. The standard InChI is InChI=1S/C5H6O4.2C3H9NO.Pt/c6-3(7)5(1-2-5)4(8)9;2*4-2-1-3-5;/h1-2H2,(H,6,7)(H,8,9);2*5H,1-4H2;/q;;;+2. The molecule has 0 heterocycles. The van der Waals surface area contributed by atoms with E-state index >= 15 is 0 Å². The molecule has 8 N–H and O–H groups in total.